The summed E-state index contributed by atoms with van der Waals surface area (Å²) < 4.78 is 5.44. The van der Waals surface area contributed by atoms with Gasteiger partial charge in [0.2, 0.25) is 0 Å². The van der Waals surface area contributed by atoms with Crippen molar-refractivity contribution in [2.24, 2.45) is 0 Å². The van der Waals surface area contributed by atoms with E-state index in [1.807, 2.05) is 11.0 Å². The summed E-state index contributed by atoms with van der Waals surface area (Å²) in [6, 6.07) is 15.6. The van der Waals surface area contributed by atoms with Crippen LogP contribution in [-0.4, -0.2) is 36.4 Å². The monoisotopic (exact) mass is 363 g/mol. The van der Waals surface area contributed by atoms with E-state index in [9.17, 15) is 9.59 Å². The van der Waals surface area contributed by atoms with Crippen molar-refractivity contribution in [2.75, 3.05) is 25.0 Å². The van der Waals surface area contributed by atoms with E-state index < -0.39 is 0 Å². The standard InChI is InChI=1S/C21H21N3O3/c22-14-16-8-10-17(11-9-16)27-15-20(25)23-19-7-3-2-6-18(19)21(26)24-12-4-1-5-13-24/h2-3,6-11H,1,4-5,12-13,15H2,(H,23,25). The third-order valence-corrected chi connectivity index (χ3v) is 4.43. The van der Waals surface area contributed by atoms with E-state index in [1.165, 1.54) is 0 Å². The molecule has 3 rings (SSSR count). The molecule has 6 nitrogen and oxygen atoms in total. The van der Waals surface area contributed by atoms with Gasteiger partial charge in [0.25, 0.3) is 11.8 Å². The van der Waals surface area contributed by atoms with E-state index in [-0.39, 0.29) is 18.4 Å². The molecule has 1 aliphatic heterocycles. The molecule has 138 valence electrons. The molecule has 2 amide bonds. The number of nitriles is 1. The Kier molecular flexibility index (Phi) is 6.06. The first-order valence-electron chi connectivity index (χ1n) is 8.98. The van der Waals surface area contributed by atoms with Crippen LogP contribution in [0.1, 0.15) is 35.2 Å². The van der Waals surface area contributed by atoms with Gasteiger partial charge in [0, 0.05) is 13.1 Å². The molecule has 0 radical (unpaired) electrons. The topological polar surface area (TPSA) is 82.4 Å². The summed E-state index contributed by atoms with van der Waals surface area (Å²) in [5.41, 5.74) is 1.50. The van der Waals surface area contributed by atoms with Crippen LogP contribution in [0.2, 0.25) is 0 Å². The number of nitrogens with zero attached hydrogens (tertiary/aromatic N) is 2. The zero-order chi connectivity index (χ0) is 19.1. The molecule has 1 aliphatic rings. The maximum Gasteiger partial charge on any atom is 0.262 e. The molecule has 0 atom stereocenters. The third-order valence-electron chi connectivity index (χ3n) is 4.43. The highest BCUT2D eigenvalue weighted by atomic mass is 16.5. The minimum Gasteiger partial charge on any atom is -0.484 e. The number of carbonyl (C=O) groups excluding carboxylic acids is 2. The van der Waals surface area contributed by atoms with Crippen molar-refractivity contribution in [3.63, 3.8) is 0 Å². The van der Waals surface area contributed by atoms with Crippen LogP contribution in [0.15, 0.2) is 48.5 Å². The number of piperidine rings is 1. The lowest BCUT2D eigenvalue weighted by atomic mass is 10.1. The van der Waals surface area contributed by atoms with Crippen molar-refractivity contribution < 1.29 is 14.3 Å². The van der Waals surface area contributed by atoms with Crippen molar-refractivity contribution >= 4 is 17.5 Å². The molecular weight excluding hydrogens is 342 g/mol. The number of likely N-dealkylation sites (tertiary alicyclic amines) is 1. The van der Waals surface area contributed by atoms with Gasteiger partial charge >= 0.3 is 0 Å². The predicted octanol–water partition coefficient (Wildman–Crippen LogP) is 3.20. The van der Waals surface area contributed by atoms with E-state index in [4.69, 9.17) is 10.00 Å². The van der Waals surface area contributed by atoms with E-state index in [0.717, 1.165) is 32.4 Å². The Labute approximate surface area is 158 Å². The number of nitrogens with one attached hydrogen (secondary N) is 1. The van der Waals surface area contributed by atoms with Gasteiger partial charge in [-0.25, -0.2) is 0 Å². The normalized spacial score (nSPS) is 13.5. The minimum absolute atomic E-state index is 0.0568. The lowest BCUT2D eigenvalue weighted by molar-refractivity contribution is -0.118. The van der Waals surface area contributed by atoms with E-state index >= 15 is 0 Å². The summed E-state index contributed by atoms with van der Waals surface area (Å²) in [6.45, 7) is 1.32. The summed E-state index contributed by atoms with van der Waals surface area (Å²) in [5, 5.41) is 11.5. The van der Waals surface area contributed by atoms with Crippen LogP contribution in [0.25, 0.3) is 0 Å². The van der Waals surface area contributed by atoms with Gasteiger partial charge in [0.05, 0.1) is 22.9 Å². The molecule has 1 fully saturated rings. The average molecular weight is 363 g/mol. The van der Waals surface area contributed by atoms with Gasteiger partial charge in [-0.1, -0.05) is 12.1 Å². The van der Waals surface area contributed by atoms with Crippen LogP contribution in [0, 0.1) is 11.3 Å². The highest BCUT2D eigenvalue weighted by Crippen LogP contribution is 2.20. The molecule has 1 saturated heterocycles. The van der Waals surface area contributed by atoms with Crippen LogP contribution >= 0.6 is 0 Å². The van der Waals surface area contributed by atoms with Crippen molar-refractivity contribution in [1.82, 2.24) is 4.90 Å². The molecule has 0 saturated carbocycles. The summed E-state index contributed by atoms with van der Waals surface area (Å²) >= 11 is 0. The smallest absolute Gasteiger partial charge is 0.262 e. The number of benzene rings is 2. The highest BCUT2D eigenvalue weighted by Gasteiger charge is 2.21. The first kappa shape index (κ1) is 18.5. The summed E-state index contributed by atoms with van der Waals surface area (Å²) in [5.74, 6) is 0.0960. The lowest BCUT2D eigenvalue weighted by Crippen LogP contribution is -2.36. The zero-order valence-corrected chi connectivity index (χ0v) is 15.0. The van der Waals surface area contributed by atoms with Gasteiger partial charge in [-0.15, -0.1) is 0 Å². The fraction of sp³-hybridized carbons (Fsp3) is 0.286. The Morgan fingerprint density at radius 1 is 1.04 bits per heavy atom. The van der Waals surface area contributed by atoms with E-state index in [0.29, 0.717) is 22.6 Å². The molecule has 27 heavy (non-hydrogen) atoms. The number of carbonyl (C=O) groups is 2. The molecule has 0 bridgehead atoms. The molecule has 2 aromatic rings. The van der Waals surface area contributed by atoms with Gasteiger partial charge in [-0.05, 0) is 55.7 Å². The van der Waals surface area contributed by atoms with Crippen molar-refractivity contribution in [3.05, 3.63) is 59.7 Å². The Morgan fingerprint density at radius 2 is 1.74 bits per heavy atom. The third kappa shape index (κ3) is 4.85. The Bertz CT molecular complexity index is 850. The first-order valence-corrected chi connectivity index (χ1v) is 8.98. The maximum absolute atomic E-state index is 12.8. The quantitative estimate of drug-likeness (QED) is 0.884. The number of ether oxygens (including phenoxy) is 1. The van der Waals surface area contributed by atoms with Crippen molar-refractivity contribution in [2.45, 2.75) is 19.3 Å². The molecule has 2 aromatic carbocycles. The fourth-order valence-corrected chi connectivity index (χ4v) is 3.01. The van der Waals surface area contributed by atoms with Gasteiger partial charge in [-0.2, -0.15) is 5.26 Å². The number of rotatable bonds is 5. The second kappa shape index (κ2) is 8.86. The van der Waals surface area contributed by atoms with Gasteiger partial charge in [-0.3, -0.25) is 9.59 Å². The number of para-hydroxylation sites is 1. The lowest BCUT2D eigenvalue weighted by Gasteiger charge is -2.27. The largest absolute Gasteiger partial charge is 0.484 e. The molecule has 0 spiro atoms. The summed E-state index contributed by atoms with van der Waals surface area (Å²) in [6.07, 6.45) is 3.17. The van der Waals surface area contributed by atoms with Gasteiger partial charge < -0.3 is 15.0 Å². The highest BCUT2D eigenvalue weighted by molar-refractivity contribution is 6.04. The number of hydrogen-bond donors (Lipinski definition) is 1. The fourth-order valence-electron chi connectivity index (χ4n) is 3.01. The van der Waals surface area contributed by atoms with Crippen molar-refractivity contribution in [1.29, 1.82) is 5.26 Å². The predicted molar refractivity (Wildman–Crippen MR) is 101 cm³/mol. The molecule has 1 heterocycles. The van der Waals surface area contributed by atoms with Crippen LogP contribution in [-0.2, 0) is 4.79 Å². The summed E-state index contributed by atoms with van der Waals surface area (Å²) in [4.78, 5) is 26.8. The Hall–Kier alpha value is -3.33. The average Bonchev–Trinajstić information content (AvgIpc) is 2.73. The van der Waals surface area contributed by atoms with Crippen LogP contribution < -0.4 is 10.1 Å². The first-order chi connectivity index (χ1) is 13.2. The zero-order valence-electron chi connectivity index (χ0n) is 15.0. The molecule has 0 aliphatic carbocycles. The Balaban J connectivity index is 1.62. The van der Waals surface area contributed by atoms with Gasteiger partial charge in [0.1, 0.15) is 5.75 Å². The minimum atomic E-state index is -0.349. The van der Waals surface area contributed by atoms with Crippen LogP contribution in [0.3, 0.4) is 0 Å². The van der Waals surface area contributed by atoms with Crippen LogP contribution in [0.5, 0.6) is 5.75 Å². The number of amides is 2. The molecular formula is C21H21N3O3. The second-order valence-corrected chi connectivity index (χ2v) is 6.37. The summed E-state index contributed by atoms with van der Waals surface area (Å²) in [7, 11) is 0. The molecule has 6 heteroatoms. The molecule has 1 N–H and O–H groups in total. The maximum atomic E-state index is 12.8. The second-order valence-electron chi connectivity index (χ2n) is 6.37. The molecule has 0 aromatic heterocycles. The Morgan fingerprint density at radius 3 is 2.44 bits per heavy atom. The van der Waals surface area contributed by atoms with Gasteiger partial charge in [0.15, 0.2) is 6.61 Å². The molecule has 0 unspecified atom stereocenters. The number of anilines is 1. The van der Waals surface area contributed by atoms with Crippen LogP contribution in [0.4, 0.5) is 5.69 Å². The SMILES string of the molecule is N#Cc1ccc(OCC(=O)Nc2ccccc2C(=O)N2CCCCC2)cc1. The number of hydrogen-bond acceptors (Lipinski definition) is 4. The van der Waals surface area contributed by atoms with Crippen molar-refractivity contribution in [3.8, 4) is 11.8 Å². The van der Waals surface area contributed by atoms with E-state index in [2.05, 4.69) is 5.32 Å². The van der Waals surface area contributed by atoms with E-state index in [1.54, 1.807) is 48.5 Å².